The van der Waals surface area contributed by atoms with Crippen LogP contribution in [-0.2, 0) is 6.54 Å². The lowest BCUT2D eigenvalue weighted by molar-refractivity contribution is -0.385. The van der Waals surface area contributed by atoms with Crippen LogP contribution in [0.1, 0.15) is 11.1 Å². The van der Waals surface area contributed by atoms with Crippen molar-refractivity contribution in [3.63, 3.8) is 0 Å². The Morgan fingerprint density at radius 1 is 1.46 bits per heavy atom. The van der Waals surface area contributed by atoms with Crippen LogP contribution < -0.4 is 5.32 Å². The first-order valence-corrected chi connectivity index (χ1v) is 3.95. The zero-order valence-corrected chi connectivity index (χ0v) is 6.86. The third-order valence-corrected chi connectivity index (χ3v) is 2.04. The molecule has 4 heteroatoms. The van der Waals surface area contributed by atoms with Crippen molar-refractivity contribution < 1.29 is 4.92 Å². The first kappa shape index (κ1) is 7.79. The van der Waals surface area contributed by atoms with Gasteiger partial charge in [0, 0.05) is 12.6 Å². The fourth-order valence-corrected chi connectivity index (χ4v) is 1.42. The fourth-order valence-electron chi connectivity index (χ4n) is 1.42. The predicted octanol–water partition coefficient (Wildman–Crippen LogP) is 1.67. The molecular formula is C9H8N2O2. The van der Waals surface area contributed by atoms with Crippen LogP contribution in [0.2, 0.25) is 0 Å². The quantitative estimate of drug-likeness (QED) is 0.523. The lowest BCUT2D eigenvalue weighted by Gasteiger charge is -2.11. The van der Waals surface area contributed by atoms with E-state index < -0.39 is 0 Å². The molecule has 0 aromatic heterocycles. The fraction of sp³-hybridized carbons (Fsp3) is 0.111. The normalized spacial score (nSPS) is 13.2. The van der Waals surface area contributed by atoms with Gasteiger partial charge in [-0.1, -0.05) is 12.1 Å². The predicted molar refractivity (Wildman–Crippen MR) is 49.0 cm³/mol. The Morgan fingerprint density at radius 3 is 3.08 bits per heavy atom. The van der Waals surface area contributed by atoms with E-state index in [2.05, 4.69) is 5.32 Å². The SMILES string of the molecule is O=[N+]([O-])c1cccc2c1CNC=C2. The second-order valence-corrected chi connectivity index (χ2v) is 2.82. The van der Waals surface area contributed by atoms with Gasteiger partial charge in [0.15, 0.2) is 0 Å². The van der Waals surface area contributed by atoms with Crippen LogP contribution in [0.3, 0.4) is 0 Å². The lowest BCUT2D eigenvalue weighted by atomic mass is 10.0. The molecule has 0 saturated carbocycles. The summed E-state index contributed by atoms with van der Waals surface area (Å²) < 4.78 is 0. The number of nitro benzene ring substituents is 1. The van der Waals surface area contributed by atoms with E-state index in [0.29, 0.717) is 6.54 Å². The molecule has 0 amide bonds. The van der Waals surface area contributed by atoms with Crippen molar-refractivity contribution in [2.45, 2.75) is 6.54 Å². The molecule has 1 aliphatic heterocycles. The zero-order valence-electron chi connectivity index (χ0n) is 6.86. The van der Waals surface area contributed by atoms with Crippen molar-refractivity contribution in [2.75, 3.05) is 0 Å². The first-order chi connectivity index (χ1) is 6.29. The highest BCUT2D eigenvalue weighted by atomic mass is 16.6. The maximum atomic E-state index is 10.6. The molecule has 0 spiro atoms. The maximum Gasteiger partial charge on any atom is 0.274 e. The van der Waals surface area contributed by atoms with Crippen molar-refractivity contribution in [3.8, 4) is 0 Å². The largest absolute Gasteiger partial charge is 0.387 e. The number of fused-ring (bicyclic) bond motifs is 1. The Kier molecular flexibility index (Phi) is 1.73. The number of nitro groups is 1. The van der Waals surface area contributed by atoms with Gasteiger partial charge >= 0.3 is 0 Å². The Hall–Kier alpha value is -1.84. The Labute approximate surface area is 75.0 Å². The number of nitrogens with one attached hydrogen (secondary N) is 1. The van der Waals surface area contributed by atoms with Crippen molar-refractivity contribution >= 4 is 11.8 Å². The highest BCUT2D eigenvalue weighted by Crippen LogP contribution is 2.24. The van der Waals surface area contributed by atoms with Gasteiger partial charge in [0.05, 0.1) is 10.5 Å². The minimum absolute atomic E-state index is 0.189. The molecule has 1 N–H and O–H groups in total. The van der Waals surface area contributed by atoms with Gasteiger partial charge in [-0.15, -0.1) is 0 Å². The van der Waals surface area contributed by atoms with E-state index in [4.69, 9.17) is 0 Å². The van der Waals surface area contributed by atoms with Crippen LogP contribution in [-0.4, -0.2) is 4.92 Å². The van der Waals surface area contributed by atoms with Crippen LogP contribution in [0, 0.1) is 10.1 Å². The molecule has 1 aliphatic rings. The molecule has 4 nitrogen and oxygen atoms in total. The Morgan fingerprint density at radius 2 is 2.31 bits per heavy atom. The summed E-state index contributed by atoms with van der Waals surface area (Å²) in [6, 6.07) is 5.10. The van der Waals surface area contributed by atoms with E-state index >= 15 is 0 Å². The summed E-state index contributed by atoms with van der Waals surface area (Å²) in [6.45, 7) is 0.531. The molecule has 66 valence electrons. The summed E-state index contributed by atoms with van der Waals surface area (Å²) >= 11 is 0. The second kappa shape index (κ2) is 2.90. The third kappa shape index (κ3) is 1.26. The van der Waals surface area contributed by atoms with Gasteiger partial charge in [-0.25, -0.2) is 0 Å². The molecule has 2 rings (SSSR count). The third-order valence-electron chi connectivity index (χ3n) is 2.04. The second-order valence-electron chi connectivity index (χ2n) is 2.82. The molecule has 0 atom stereocenters. The molecule has 0 fully saturated rings. The monoisotopic (exact) mass is 176 g/mol. The van der Waals surface area contributed by atoms with Crippen molar-refractivity contribution in [3.05, 3.63) is 45.6 Å². The van der Waals surface area contributed by atoms with E-state index in [1.807, 2.05) is 12.1 Å². The highest BCUT2D eigenvalue weighted by Gasteiger charge is 2.16. The van der Waals surface area contributed by atoms with Crippen LogP contribution in [0.5, 0.6) is 0 Å². The molecule has 0 unspecified atom stereocenters. The van der Waals surface area contributed by atoms with E-state index in [-0.39, 0.29) is 10.6 Å². The van der Waals surface area contributed by atoms with Crippen molar-refractivity contribution in [1.82, 2.24) is 5.32 Å². The van der Waals surface area contributed by atoms with Gasteiger partial charge < -0.3 is 5.32 Å². The van der Waals surface area contributed by atoms with E-state index in [1.165, 1.54) is 6.07 Å². The van der Waals surface area contributed by atoms with Gasteiger partial charge in [-0.3, -0.25) is 10.1 Å². The van der Waals surface area contributed by atoms with Crippen LogP contribution in [0.15, 0.2) is 24.4 Å². The average Bonchev–Trinajstić information content (AvgIpc) is 2.17. The standard InChI is InChI=1S/C9H8N2O2/c12-11(13)9-3-1-2-7-4-5-10-6-8(7)9/h1-5,10H,6H2. The smallest absolute Gasteiger partial charge is 0.274 e. The van der Waals surface area contributed by atoms with Crippen molar-refractivity contribution in [2.24, 2.45) is 0 Å². The van der Waals surface area contributed by atoms with Crippen molar-refractivity contribution in [1.29, 1.82) is 0 Å². The van der Waals surface area contributed by atoms with Crippen LogP contribution >= 0.6 is 0 Å². The topological polar surface area (TPSA) is 55.2 Å². The zero-order chi connectivity index (χ0) is 9.26. The van der Waals surface area contributed by atoms with Gasteiger partial charge in [0.2, 0.25) is 0 Å². The molecule has 0 saturated heterocycles. The minimum Gasteiger partial charge on any atom is -0.387 e. The minimum atomic E-state index is -0.348. The number of benzene rings is 1. The first-order valence-electron chi connectivity index (χ1n) is 3.95. The summed E-state index contributed by atoms with van der Waals surface area (Å²) in [7, 11) is 0. The van der Waals surface area contributed by atoms with Crippen LogP contribution in [0.25, 0.3) is 6.08 Å². The molecule has 0 bridgehead atoms. The molecule has 13 heavy (non-hydrogen) atoms. The Bertz CT molecular complexity index is 385. The van der Waals surface area contributed by atoms with Gasteiger partial charge in [0.1, 0.15) is 0 Å². The number of hydrogen-bond donors (Lipinski definition) is 1. The highest BCUT2D eigenvalue weighted by molar-refractivity contribution is 5.61. The summed E-state index contributed by atoms with van der Waals surface area (Å²) in [5.74, 6) is 0. The molecule has 1 aromatic carbocycles. The number of nitrogens with zero attached hydrogens (tertiary/aromatic N) is 1. The average molecular weight is 176 g/mol. The molecule has 0 radical (unpaired) electrons. The summed E-state index contributed by atoms with van der Waals surface area (Å²) in [5.41, 5.74) is 1.87. The van der Waals surface area contributed by atoms with Crippen LogP contribution in [0.4, 0.5) is 5.69 Å². The molecule has 1 aromatic rings. The van der Waals surface area contributed by atoms with E-state index in [0.717, 1.165) is 11.1 Å². The summed E-state index contributed by atoms with van der Waals surface area (Å²) in [6.07, 6.45) is 3.64. The Balaban J connectivity index is 2.59. The number of hydrogen-bond acceptors (Lipinski definition) is 3. The van der Waals surface area contributed by atoms with E-state index in [9.17, 15) is 10.1 Å². The summed E-state index contributed by atoms with van der Waals surface area (Å²) in [4.78, 5) is 10.3. The van der Waals surface area contributed by atoms with Gasteiger partial charge in [-0.2, -0.15) is 0 Å². The number of rotatable bonds is 1. The summed E-state index contributed by atoms with van der Waals surface area (Å²) in [5, 5.41) is 13.6. The van der Waals surface area contributed by atoms with Gasteiger partial charge in [0.25, 0.3) is 5.69 Å². The van der Waals surface area contributed by atoms with Gasteiger partial charge in [-0.05, 0) is 17.8 Å². The van der Waals surface area contributed by atoms with E-state index in [1.54, 1.807) is 12.3 Å². The molecule has 0 aliphatic carbocycles. The maximum absolute atomic E-state index is 10.6. The molecule has 1 heterocycles. The lowest BCUT2D eigenvalue weighted by Crippen LogP contribution is -2.12. The molecular weight excluding hydrogens is 168 g/mol.